The van der Waals surface area contributed by atoms with E-state index in [0.29, 0.717) is 5.56 Å². The van der Waals surface area contributed by atoms with Crippen LogP contribution >= 0.6 is 0 Å². The van der Waals surface area contributed by atoms with E-state index < -0.39 is 5.97 Å². The third-order valence-corrected chi connectivity index (χ3v) is 4.23. The second-order valence-corrected chi connectivity index (χ2v) is 6.28. The van der Waals surface area contributed by atoms with Crippen molar-refractivity contribution in [3.63, 3.8) is 0 Å². The minimum Gasteiger partial charge on any atom is -0.478 e. The molecule has 0 unspecified atom stereocenters. The van der Waals surface area contributed by atoms with Crippen LogP contribution in [0.4, 0.5) is 0 Å². The third-order valence-electron chi connectivity index (χ3n) is 4.23. The molecule has 0 aromatic heterocycles. The molecule has 25 heavy (non-hydrogen) atoms. The van der Waals surface area contributed by atoms with Crippen LogP contribution in [0.3, 0.4) is 0 Å². The first kappa shape index (κ1) is 19.8. The first-order valence-corrected chi connectivity index (χ1v) is 9.13. The summed E-state index contributed by atoms with van der Waals surface area (Å²) in [4.78, 5) is 13.5. The number of rotatable bonds is 3. The molecule has 1 fully saturated rings. The molecule has 2 rings (SSSR count). The Morgan fingerprint density at radius 3 is 1.92 bits per heavy atom. The fraction of sp³-hybridized carbons (Fsp3) is 0.611. The fourth-order valence-corrected chi connectivity index (χ4v) is 2.84. The average Bonchev–Trinajstić information content (AvgIpc) is 2.62. The van der Waals surface area contributed by atoms with Crippen LogP contribution in [0.2, 0.25) is 0 Å². The lowest BCUT2D eigenvalue weighted by Gasteiger charge is -2.23. The topological polar surface area (TPSA) is 88.7 Å². The Balaban J connectivity index is 1.87. The van der Waals surface area contributed by atoms with Gasteiger partial charge in [0.05, 0.1) is 5.56 Å². The van der Waals surface area contributed by atoms with Gasteiger partial charge in [0, 0.05) is 72.0 Å². The second kappa shape index (κ2) is 11.9. The van der Waals surface area contributed by atoms with Gasteiger partial charge in [0.1, 0.15) is 0 Å². The summed E-state index contributed by atoms with van der Waals surface area (Å²) in [5.74, 6) is -0.873. The van der Waals surface area contributed by atoms with Crippen molar-refractivity contribution in [1.82, 2.24) is 26.2 Å². The summed E-state index contributed by atoms with van der Waals surface area (Å²) in [5, 5.41) is 22.9. The number of carbonyl (C=O) groups is 1. The van der Waals surface area contributed by atoms with E-state index in [1.807, 2.05) is 12.1 Å². The molecule has 0 amide bonds. The fourth-order valence-electron chi connectivity index (χ4n) is 2.84. The summed E-state index contributed by atoms with van der Waals surface area (Å²) in [6.07, 6.45) is 0. The smallest absolute Gasteiger partial charge is 0.335 e. The van der Waals surface area contributed by atoms with Gasteiger partial charge in [0.2, 0.25) is 0 Å². The van der Waals surface area contributed by atoms with E-state index in [0.717, 1.165) is 77.6 Å². The van der Waals surface area contributed by atoms with Gasteiger partial charge in [-0.2, -0.15) is 0 Å². The molecule has 1 aliphatic heterocycles. The predicted octanol–water partition coefficient (Wildman–Crippen LogP) is -0.441. The lowest BCUT2D eigenvalue weighted by Crippen LogP contribution is -2.38. The Morgan fingerprint density at radius 1 is 0.880 bits per heavy atom. The van der Waals surface area contributed by atoms with E-state index in [-0.39, 0.29) is 0 Å². The second-order valence-electron chi connectivity index (χ2n) is 6.28. The Labute approximate surface area is 150 Å². The van der Waals surface area contributed by atoms with Crippen molar-refractivity contribution in [2.45, 2.75) is 6.54 Å². The Hall–Kier alpha value is -1.51. The highest BCUT2D eigenvalue weighted by Gasteiger charge is 2.08. The van der Waals surface area contributed by atoms with Crippen LogP contribution in [0.5, 0.6) is 0 Å². The summed E-state index contributed by atoms with van der Waals surface area (Å²) in [6, 6.07) is 7.23. The maximum Gasteiger partial charge on any atom is 0.335 e. The molecule has 1 aromatic carbocycles. The Morgan fingerprint density at radius 2 is 1.40 bits per heavy atom. The molecule has 0 spiro atoms. The maximum absolute atomic E-state index is 11.1. The third kappa shape index (κ3) is 8.42. The zero-order chi connectivity index (χ0) is 17.7. The number of hydrogen-bond acceptors (Lipinski definition) is 6. The van der Waals surface area contributed by atoms with Gasteiger partial charge in [-0.25, -0.2) is 4.79 Å². The molecule has 5 N–H and O–H groups in total. The largest absolute Gasteiger partial charge is 0.478 e. The van der Waals surface area contributed by atoms with Crippen molar-refractivity contribution in [3.8, 4) is 0 Å². The van der Waals surface area contributed by atoms with E-state index in [2.05, 4.69) is 26.2 Å². The van der Waals surface area contributed by atoms with E-state index in [1.54, 1.807) is 12.1 Å². The molecule has 1 saturated heterocycles. The molecule has 0 radical (unpaired) electrons. The molecule has 0 bridgehead atoms. The number of hydrogen-bond donors (Lipinski definition) is 5. The molecule has 7 nitrogen and oxygen atoms in total. The molecule has 0 saturated carbocycles. The van der Waals surface area contributed by atoms with Gasteiger partial charge in [-0.1, -0.05) is 12.1 Å². The minimum absolute atomic E-state index is 0.351. The molecular weight excluding hydrogens is 318 g/mol. The number of aromatic carboxylic acids is 1. The zero-order valence-electron chi connectivity index (χ0n) is 14.9. The zero-order valence-corrected chi connectivity index (χ0v) is 14.9. The maximum atomic E-state index is 11.1. The van der Waals surface area contributed by atoms with Crippen molar-refractivity contribution < 1.29 is 9.90 Å². The Kier molecular flexibility index (Phi) is 9.46. The summed E-state index contributed by atoms with van der Waals surface area (Å²) in [7, 11) is 0. The summed E-state index contributed by atoms with van der Waals surface area (Å²) >= 11 is 0. The molecular formula is C18H31N5O2. The van der Waals surface area contributed by atoms with Gasteiger partial charge in [0.15, 0.2) is 0 Å². The lowest BCUT2D eigenvalue weighted by atomic mass is 10.1. The highest BCUT2D eigenvalue weighted by Crippen LogP contribution is 2.08. The first-order valence-electron chi connectivity index (χ1n) is 9.13. The quantitative estimate of drug-likeness (QED) is 0.506. The van der Waals surface area contributed by atoms with Gasteiger partial charge in [0.25, 0.3) is 0 Å². The molecule has 1 aliphatic rings. The van der Waals surface area contributed by atoms with E-state index in [9.17, 15) is 4.79 Å². The van der Waals surface area contributed by atoms with Crippen molar-refractivity contribution in [3.05, 3.63) is 35.4 Å². The van der Waals surface area contributed by atoms with Crippen LogP contribution in [-0.4, -0.2) is 81.4 Å². The first-order chi connectivity index (χ1) is 12.3. The van der Waals surface area contributed by atoms with E-state index >= 15 is 0 Å². The number of nitrogens with zero attached hydrogens (tertiary/aromatic N) is 1. The van der Waals surface area contributed by atoms with Gasteiger partial charge < -0.3 is 26.4 Å². The van der Waals surface area contributed by atoms with E-state index in [1.165, 1.54) is 0 Å². The van der Waals surface area contributed by atoms with Crippen LogP contribution in [0.1, 0.15) is 15.9 Å². The minimum atomic E-state index is -0.873. The molecule has 140 valence electrons. The standard InChI is InChI=1S/C18H31N5O2/c24-18(25)17-3-1-2-16(14-17)15-23-12-10-21-8-6-19-4-5-20-7-9-22-11-13-23/h1-3,14,19-22H,4-13,15H2,(H,24,25). The highest BCUT2D eigenvalue weighted by atomic mass is 16.4. The summed E-state index contributed by atoms with van der Waals surface area (Å²) in [5.41, 5.74) is 1.39. The molecule has 7 heteroatoms. The molecule has 1 aromatic rings. The van der Waals surface area contributed by atoms with Crippen molar-refractivity contribution in [2.24, 2.45) is 0 Å². The normalized spacial score (nSPS) is 19.7. The van der Waals surface area contributed by atoms with E-state index in [4.69, 9.17) is 5.11 Å². The SMILES string of the molecule is O=C(O)c1cccc(CN2CCNCCNCCNCCNCC2)c1. The Bertz CT molecular complexity index is 496. The average molecular weight is 349 g/mol. The van der Waals surface area contributed by atoms with Gasteiger partial charge in [-0.15, -0.1) is 0 Å². The highest BCUT2D eigenvalue weighted by molar-refractivity contribution is 5.87. The lowest BCUT2D eigenvalue weighted by molar-refractivity contribution is 0.0696. The van der Waals surface area contributed by atoms with Crippen molar-refractivity contribution in [1.29, 1.82) is 0 Å². The molecule has 0 atom stereocenters. The van der Waals surface area contributed by atoms with Crippen molar-refractivity contribution >= 4 is 5.97 Å². The molecule has 0 aliphatic carbocycles. The van der Waals surface area contributed by atoms with Gasteiger partial charge >= 0.3 is 5.97 Å². The van der Waals surface area contributed by atoms with Crippen LogP contribution < -0.4 is 21.3 Å². The van der Waals surface area contributed by atoms with Crippen molar-refractivity contribution in [2.75, 3.05) is 65.4 Å². The van der Waals surface area contributed by atoms with Crippen LogP contribution in [0, 0.1) is 0 Å². The number of carboxylic acids is 1. The van der Waals surface area contributed by atoms with Gasteiger partial charge in [-0.3, -0.25) is 4.90 Å². The monoisotopic (exact) mass is 349 g/mol. The number of nitrogens with one attached hydrogen (secondary N) is 4. The number of benzene rings is 1. The molecule has 1 heterocycles. The summed E-state index contributed by atoms with van der Waals surface area (Å²) < 4.78 is 0. The van der Waals surface area contributed by atoms with Crippen LogP contribution in [0.15, 0.2) is 24.3 Å². The number of carboxylic acid groups (broad SMARTS) is 1. The summed E-state index contributed by atoms with van der Waals surface area (Å²) in [6.45, 7) is 10.4. The van der Waals surface area contributed by atoms with Crippen LogP contribution in [-0.2, 0) is 6.54 Å². The van der Waals surface area contributed by atoms with Gasteiger partial charge in [-0.05, 0) is 17.7 Å². The van der Waals surface area contributed by atoms with Crippen LogP contribution in [0.25, 0.3) is 0 Å². The predicted molar refractivity (Wildman–Crippen MR) is 100 cm³/mol.